The van der Waals surface area contributed by atoms with Crippen LogP contribution in [0.5, 0.6) is 0 Å². The van der Waals surface area contributed by atoms with Crippen LogP contribution in [0.1, 0.15) is 11.3 Å². The summed E-state index contributed by atoms with van der Waals surface area (Å²) in [6.45, 7) is -0.195. The molecule has 0 bridgehead atoms. The van der Waals surface area contributed by atoms with Gasteiger partial charge in [0.2, 0.25) is 0 Å². The Kier molecular flexibility index (Phi) is 4.02. The van der Waals surface area contributed by atoms with Crippen LogP contribution in [-0.2, 0) is 30.0 Å². The molecule has 3 N–H and O–H groups in total. The van der Waals surface area contributed by atoms with Crippen LogP contribution in [0.3, 0.4) is 0 Å². The van der Waals surface area contributed by atoms with E-state index in [0.717, 1.165) is 4.57 Å². The van der Waals surface area contributed by atoms with Gasteiger partial charge in [-0.25, -0.2) is 5.14 Å². The number of nitrogens with one attached hydrogen (secondary N) is 1. The molecular weight excluding hydrogens is 323 g/mol. The number of fused-ring (bicyclic) bond motifs is 1. The van der Waals surface area contributed by atoms with Gasteiger partial charge in [0, 0.05) is 25.0 Å². The van der Waals surface area contributed by atoms with Crippen LogP contribution in [-0.4, -0.2) is 13.0 Å². The van der Waals surface area contributed by atoms with Gasteiger partial charge < -0.3 is 4.57 Å². The van der Waals surface area contributed by atoms with Crippen LogP contribution in [0.15, 0.2) is 29.1 Å². The maximum absolute atomic E-state index is 12.9. The molecule has 0 aliphatic rings. The molecule has 0 radical (unpaired) electrons. The van der Waals surface area contributed by atoms with Gasteiger partial charge in [0.1, 0.15) is 5.69 Å². The number of hydrogen-bond acceptors (Lipinski definition) is 3. The Morgan fingerprint density at radius 2 is 1.91 bits per heavy atom. The molecule has 0 spiro atoms. The Labute approximate surface area is 123 Å². The van der Waals surface area contributed by atoms with Crippen molar-refractivity contribution in [3.05, 3.63) is 45.7 Å². The fourth-order valence-corrected chi connectivity index (χ4v) is 2.43. The molecule has 0 aliphatic carbocycles. The highest BCUT2D eigenvalue weighted by Gasteiger charge is 2.34. The highest BCUT2D eigenvalue weighted by molar-refractivity contribution is 7.87. The zero-order chi connectivity index (χ0) is 16.7. The third-order valence-corrected chi connectivity index (χ3v) is 3.63. The van der Waals surface area contributed by atoms with Gasteiger partial charge in [-0.3, -0.25) is 4.79 Å². The second kappa shape index (κ2) is 5.38. The Morgan fingerprint density at radius 3 is 2.45 bits per heavy atom. The number of nitrogens with zero attached hydrogens (tertiary/aromatic N) is 1. The maximum Gasteiger partial charge on any atom is 0.431 e. The second-order valence-corrected chi connectivity index (χ2v) is 6.05. The van der Waals surface area contributed by atoms with Crippen LogP contribution < -0.4 is 15.3 Å². The molecule has 0 saturated carbocycles. The van der Waals surface area contributed by atoms with Crippen molar-refractivity contribution in [2.75, 3.05) is 0 Å². The molecule has 1 aromatic carbocycles. The lowest BCUT2D eigenvalue weighted by molar-refractivity contribution is -0.143. The van der Waals surface area contributed by atoms with E-state index in [0.29, 0.717) is 11.6 Å². The Hall–Kier alpha value is -1.91. The standard InChI is InChI=1S/C12H12F3N3O3S/c1-18-9-4-7(6-17-22(16,20)21)2-3-8(9)10(19)5-11(18)12(13,14)15/h2-5,17H,6H2,1H3,(H2,16,20,21). The van der Waals surface area contributed by atoms with E-state index < -0.39 is 27.5 Å². The average molecular weight is 335 g/mol. The Balaban J connectivity index is 2.60. The highest BCUT2D eigenvalue weighted by Crippen LogP contribution is 2.29. The fourth-order valence-electron chi connectivity index (χ4n) is 2.06. The van der Waals surface area contributed by atoms with E-state index in [2.05, 4.69) is 0 Å². The van der Waals surface area contributed by atoms with Crippen molar-refractivity contribution in [1.82, 2.24) is 9.29 Å². The number of pyridine rings is 1. The minimum Gasteiger partial charge on any atom is -0.340 e. The third kappa shape index (κ3) is 3.46. The smallest absolute Gasteiger partial charge is 0.340 e. The topological polar surface area (TPSA) is 94.2 Å². The lowest BCUT2D eigenvalue weighted by Crippen LogP contribution is -2.30. The lowest BCUT2D eigenvalue weighted by atomic mass is 10.1. The van der Waals surface area contributed by atoms with Gasteiger partial charge in [-0.2, -0.15) is 26.3 Å². The van der Waals surface area contributed by atoms with E-state index in [4.69, 9.17) is 5.14 Å². The summed E-state index contributed by atoms with van der Waals surface area (Å²) in [5.41, 5.74) is -1.42. The molecule has 0 amide bonds. The first-order valence-electron chi connectivity index (χ1n) is 5.96. The fraction of sp³-hybridized carbons (Fsp3) is 0.250. The monoisotopic (exact) mass is 335 g/mol. The van der Waals surface area contributed by atoms with Gasteiger partial charge in [0.05, 0.1) is 5.52 Å². The van der Waals surface area contributed by atoms with Crippen LogP contribution in [0, 0.1) is 0 Å². The van der Waals surface area contributed by atoms with Crippen molar-refractivity contribution in [3.8, 4) is 0 Å². The normalized spacial score (nSPS) is 12.8. The van der Waals surface area contributed by atoms with Gasteiger partial charge in [-0.05, 0) is 17.7 Å². The van der Waals surface area contributed by atoms with E-state index in [1.54, 1.807) is 0 Å². The van der Waals surface area contributed by atoms with Crippen molar-refractivity contribution < 1.29 is 21.6 Å². The number of rotatable bonds is 3. The number of halogens is 3. The minimum absolute atomic E-state index is 0.0496. The zero-order valence-corrected chi connectivity index (χ0v) is 12.1. The maximum atomic E-state index is 12.9. The van der Waals surface area contributed by atoms with Gasteiger partial charge in [0.25, 0.3) is 10.2 Å². The summed E-state index contributed by atoms with van der Waals surface area (Å²) in [6, 6.07) is 4.63. The van der Waals surface area contributed by atoms with Crippen LogP contribution in [0.25, 0.3) is 10.9 Å². The third-order valence-electron chi connectivity index (χ3n) is 3.09. The molecule has 0 saturated heterocycles. The first-order valence-corrected chi connectivity index (χ1v) is 7.51. The largest absolute Gasteiger partial charge is 0.431 e. The quantitative estimate of drug-likeness (QED) is 0.871. The van der Waals surface area contributed by atoms with Crippen molar-refractivity contribution in [2.24, 2.45) is 12.2 Å². The summed E-state index contributed by atoms with van der Waals surface area (Å²) in [4.78, 5) is 11.8. The van der Waals surface area contributed by atoms with Gasteiger partial charge in [-0.15, -0.1) is 0 Å². The molecule has 10 heteroatoms. The Morgan fingerprint density at radius 1 is 1.27 bits per heavy atom. The SMILES string of the molecule is Cn1c(C(F)(F)F)cc(=O)c2ccc(CNS(N)(=O)=O)cc21. The summed E-state index contributed by atoms with van der Waals surface area (Å²) < 4.78 is 63.2. The Bertz CT molecular complexity index is 888. The number of hydrogen-bond donors (Lipinski definition) is 2. The summed E-state index contributed by atoms with van der Waals surface area (Å²) in [6.07, 6.45) is -4.67. The summed E-state index contributed by atoms with van der Waals surface area (Å²) in [5.74, 6) is 0. The summed E-state index contributed by atoms with van der Waals surface area (Å²) in [5, 5.41) is 4.89. The molecule has 2 aromatic rings. The number of alkyl halides is 3. The van der Waals surface area contributed by atoms with Crippen molar-refractivity contribution in [3.63, 3.8) is 0 Å². The highest BCUT2D eigenvalue weighted by atomic mass is 32.2. The number of nitrogens with two attached hydrogens (primary N) is 1. The molecule has 120 valence electrons. The van der Waals surface area contributed by atoms with Crippen LogP contribution in [0.4, 0.5) is 13.2 Å². The lowest BCUT2D eigenvalue weighted by Gasteiger charge is -2.15. The first kappa shape index (κ1) is 16.5. The molecule has 6 nitrogen and oxygen atoms in total. The van der Waals surface area contributed by atoms with Gasteiger partial charge in [-0.1, -0.05) is 6.07 Å². The summed E-state index contributed by atoms with van der Waals surface area (Å²) in [7, 11) is -2.74. The van der Waals surface area contributed by atoms with E-state index in [1.165, 1.54) is 25.2 Å². The molecule has 0 aliphatic heterocycles. The van der Waals surface area contributed by atoms with Crippen molar-refractivity contribution >= 4 is 21.1 Å². The average Bonchev–Trinajstić information content (AvgIpc) is 2.38. The molecule has 22 heavy (non-hydrogen) atoms. The van der Waals surface area contributed by atoms with Crippen LogP contribution >= 0.6 is 0 Å². The van der Waals surface area contributed by atoms with Crippen LogP contribution in [0.2, 0.25) is 0 Å². The predicted molar refractivity (Wildman–Crippen MR) is 74.1 cm³/mol. The van der Waals surface area contributed by atoms with Crippen molar-refractivity contribution in [1.29, 1.82) is 0 Å². The second-order valence-electron chi connectivity index (χ2n) is 4.67. The van der Waals surface area contributed by atoms with E-state index in [9.17, 15) is 26.4 Å². The number of benzene rings is 1. The number of aromatic nitrogens is 1. The predicted octanol–water partition coefficient (Wildman–Crippen LogP) is 0.850. The molecule has 2 rings (SSSR count). The van der Waals surface area contributed by atoms with E-state index in [-0.39, 0.29) is 17.4 Å². The molecule has 1 heterocycles. The van der Waals surface area contributed by atoms with Crippen molar-refractivity contribution in [2.45, 2.75) is 12.7 Å². The van der Waals surface area contributed by atoms with E-state index >= 15 is 0 Å². The zero-order valence-electron chi connectivity index (χ0n) is 11.3. The number of aryl methyl sites for hydroxylation is 1. The molecular formula is C12H12F3N3O3S. The molecule has 0 unspecified atom stereocenters. The first-order chi connectivity index (χ1) is 9.99. The summed E-state index contributed by atoms with van der Waals surface area (Å²) >= 11 is 0. The van der Waals surface area contributed by atoms with Gasteiger partial charge in [0.15, 0.2) is 5.43 Å². The minimum atomic E-state index is -4.67. The molecule has 0 atom stereocenters. The molecule has 0 fully saturated rings. The van der Waals surface area contributed by atoms with Gasteiger partial charge >= 0.3 is 6.18 Å². The molecule has 1 aromatic heterocycles. The van der Waals surface area contributed by atoms with E-state index in [1.807, 2.05) is 4.72 Å².